The molecule has 2 N–H and O–H groups in total. The summed E-state index contributed by atoms with van der Waals surface area (Å²) in [5.41, 5.74) is 0.942. The summed E-state index contributed by atoms with van der Waals surface area (Å²) >= 11 is 0. The first-order valence-corrected chi connectivity index (χ1v) is 7.24. The molecule has 20 heavy (non-hydrogen) atoms. The molecule has 0 bridgehead atoms. The van der Waals surface area contributed by atoms with Crippen molar-refractivity contribution in [2.24, 2.45) is 5.92 Å². The number of aliphatic hydroxyl groups excluding tert-OH is 1. The summed E-state index contributed by atoms with van der Waals surface area (Å²) in [6.45, 7) is 4.70. The van der Waals surface area contributed by atoms with Crippen LogP contribution in [-0.2, 0) is 4.79 Å². The zero-order valence-corrected chi connectivity index (χ0v) is 12.1. The molecule has 0 aromatic heterocycles. The van der Waals surface area contributed by atoms with Crippen LogP contribution >= 0.6 is 0 Å². The highest BCUT2D eigenvalue weighted by atomic mass is 16.5. The van der Waals surface area contributed by atoms with E-state index in [0.29, 0.717) is 18.9 Å². The number of hydrogen-bond acceptors (Lipinski definition) is 3. The lowest BCUT2D eigenvalue weighted by Crippen LogP contribution is -2.42. The summed E-state index contributed by atoms with van der Waals surface area (Å²) in [6.07, 6.45) is 1.47. The molecule has 2 unspecified atom stereocenters. The number of carbonyl (C=O) groups is 1. The Labute approximate surface area is 120 Å². The molecule has 2 rings (SSSR count). The van der Waals surface area contributed by atoms with Crippen molar-refractivity contribution < 1.29 is 14.6 Å². The van der Waals surface area contributed by atoms with E-state index in [9.17, 15) is 9.90 Å². The number of para-hydroxylation sites is 1. The van der Waals surface area contributed by atoms with Gasteiger partial charge in [0.2, 0.25) is 5.91 Å². The summed E-state index contributed by atoms with van der Waals surface area (Å²) in [7, 11) is 0. The highest BCUT2D eigenvalue weighted by Crippen LogP contribution is 2.33. The fourth-order valence-electron chi connectivity index (χ4n) is 2.66. The number of benzene rings is 1. The van der Waals surface area contributed by atoms with Crippen LogP contribution in [0.15, 0.2) is 24.3 Å². The first-order valence-electron chi connectivity index (χ1n) is 7.24. The van der Waals surface area contributed by atoms with Crippen molar-refractivity contribution in [3.05, 3.63) is 29.8 Å². The second-order valence-corrected chi connectivity index (χ2v) is 5.75. The minimum Gasteiger partial charge on any atom is -0.493 e. The number of fused-ring (bicyclic) bond motifs is 1. The van der Waals surface area contributed by atoms with Crippen LogP contribution in [0.2, 0.25) is 0 Å². The van der Waals surface area contributed by atoms with E-state index in [1.807, 2.05) is 24.3 Å². The molecule has 0 saturated carbocycles. The van der Waals surface area contributed by atoms with E-state index in [1.54, 1.807) is 0 Å². The van der Waals surface area contributed by atoms with Crippen molar-refractivity contribution in [2.45, 2.75) is 38.6 Å². The Morgan fingerprint density at radius 1 is 1.45 bits per heavy atom. The molecule has 1 aromatic carbocycles. The number of rotatable bonds is 5. The quantitative estimate of drug-likeness (QED) is 0.866. The summed E-state index contributed by atoms with van der Waals surface area (Å²) < 4.78 is 5.57. The van der Waals surface area contributed by atoms with Crippen molar-refractivity contribution in [1.82, 2.24) is 5.32 Å². The van der Waals surface area contributed by atoms with Gasteiger partial charge in [-0.3, -0.25) is 4.79 Å². The van der Waals surface area contributed by atoms with Crippen LogP contribution in [0.5, 0.6) is 5.75 Å². The van der Waals surface area contributed by atoms with Gasteiger partial charge in [0, 0.05) is 5.56 Å². The van der Waals surface area contributed by atoms with Crippen molar-refractivity contribution in [3.8, 4) is 5.75 Å². The van der Waals surface area contributed by atoms with Gasteiger partial charge in [0.1, 0.15) is 5.75 Å². The molecular formula is C16H23NO3. The highest BCUT2D eigenvalue weighted by molar-refractivity contribution is 5.85. The van der Waals surface area contributed by atoms with Crippen LogP contribution < -0.4 is 10.1 Å². The first-order chi connectivity index (χ1) is 9.61. The molecule has 0 fully saturated rings. The average molecular weight is 277 g/mol. The smallest absolute Gasteiger partial charge is 0.228 e. The van der Waals surface area contributed by atoms with Crippen LogP contribution in [0, 0.1) is 5.92 Å². The largest absolute Gasteiger partial charge is 0.493 e. The molecule has 0 aliphatic carbocycles. The highest BCUT2D eigenvalue weighted by Gasteiger charge is 2.28. The van der Waals surface area contributed by atoms with E-state index in [1.165, 1.54) is 0 Å². The van der Waals surface area contributed by atoms with Crippen LogP contribution in [-0.4, -0.2) is 30.3 Å². The van der Waals surface area contributed by atoms with Crippen molar-refractivity contribution >= 4 is 5.91 Å². The molecular weight excluding hydrogens is 254 g/mol. The van der Waals surface area contributed by atoms with E-state index in [-0.39, 0.29) is 24.5 Å². The minimum absolute atomic E-state index is 0.0135. The molecule has 4 nitrogen and oxygen atoms in total. The molecule has 0 saturated heterocycles. The molecule has 1 aliphatic heterocycles. The zero-order valence-electron chi connectivity index (χ0n) is 12.1. The molecule has 2 atom stereocenters. The molecule has 1 aromatic rings. The van der Waals surface area contributed by atoms with Gasteiger partial charge in [-0.1, -0.05) is 32.0 Å². The topological polar surface area (TPSA) is 58.6 Å². The molecule has 4 heteroatoms. The summed E-state index contributed by atoms with van der Waals surface area (Å²) in [5, 5.41) is 12.3. The van der Waals surface area contributed by atoms with Crippen molar-refractivity contribution in [3.63, 3.8) is 0 Å². The van der Waals surface area contributed by atoms with E-state index >= 15 is 0 Å². The molecule has 1 amide bonds. The summed E-state index contributed by atoms with van der Waals surface area (Å²) in [6, 6.07) is 7.50. The fraction of sp³-hybridized carbons (Fsp3) is 0.562. The Hall–Kier alpha value is -1.55. The Balaban J connectivity index is 2.06. The van der Waals surface area contributed by atoms with E-state index in [4.69, 9.17) is 4.74 Å². The van der Waals surface area contributed by atoms with Crippen LogP contribution in [0.25, 0.3) is 0 Å². The molecule has 110 valence electrons. The van der Waals surface area contributed by atoms with Crippen LogP contribution in [0.3, 0.4) is 0 Å². The Morgan fingerprint density at radius 2 is 2.20 bits per heavy atom. The molecule has 0 spiro atoms. The first kappa shape index (κ1) is 14.9. The van der Waals surface area contributed by atoms with E-state index in [2.05, 4.69) is 19.2 Å². The number of nitrogens with one attached hydrogen (secondary N) is 1. The van der Waals surface area contributed by atoms with Gasteiger partial charge in [-0.15, -0.1) is 0 Å². The van der Waals surface area contributed by atoms with Gasteiger partial charge >= 0.3 is 0 Å². The van der Waals surface area contributed by atoms with Gasteiger partial charge in [-0.05, 0) is 24.8 Å². The predicted molar refractivity (Wildman–Crippen MR) is 77.8 cm³/mol. The Bertz CT molecular complexity index is 459. The van der Waals surface area contributed by atoms with Gasteiger partial charge in [0.05, 0.1) is 25.2 Å². The van der Waals surface area contributed by atoms with Crippen molar-refractivity contribution in [1.29, 1.82) is 0 Å². The fourth-order valence-corrected chi connectivity index (χ4v) is 2.66. The van der Waals surface area contributed by atoms with Gasteiger partial charge in [0.15, 0.2) is 0 Å². The lowest BCUT2D eigenvalue weighted by atomic mass is 9.91. The van der Waals surface area contributed by atoms with Gasteiger partial charge in [-0.2, -0.15) is 0 Å². The van der Waals surface area contributed by atoms with Crippen LogP contribution in [0.1, 0.15) is 38.2 Å². The van der Waals surface area contributed by atoms with E-state index in [0.717, 1.165) is 17.7 Å². The maximum absolute atomic E-state index is 12.4. The van der Waals surface area contributed by atoms with E-state index < -0.39 is 0 Å². The molecule has 0 radical (unpaired) electrons. The third-order valence-corrected chi connectivity index (χ3v) is 3.60. The zero-order chi connectivity index (χ0) is 14.5. The summed E-state index contributed by atoms with van der Waals surface area (Å²) in [4.78, 5) is 12.4. The maximum Gasteiger partial charge on any atom is 0.228 e. The second-order valence-electron chi connectivity index (χ2n) is 5.75. The lowest BCUT2D eigenvalue weighted by Gasteiger charge is -2.27. The number of aliphatic hydroxyl groups is 1. The third-order valence-electron chi connectivity index (χ3n) is 3.60. The number of hydrogen-bond donors (Lipinski definition) is 2. The standard InChI is InChI=1S/C16H23NO3/c1-11(2)9-12(10-18)17-16(19)14-7-8-20-15-6-4-3-5-13(14)15/h3-6,11-12,14,18H,7-10H2,1-2H3,(H,17,19). The number of ether oxygens (including phenoxy) is 1. The lowest BCUT2D eigenvalue weighted by molar-refractivity contribution is -0.124. The summed E-state index contributed by atoms with van der Waals surface area (Å²) in [5.74, 6) is 1.04. The third kappa shape index (κ3) is 3.51. The SMILES string of the molecule is CC(C)CC(CO)NC(=O)C1CCOc2ccccc21. The van der Waals surface area contributed by atoms with Crippen molar-refractivity contribution in [2.75, 3.05) is 13.2 Å². The monoisotopic (exact) mass is 277 g/mol. The molecule has 1 heterocycles. The number of carbonyl (C=O) groups excluding carboxylic acids is 1. The van der Waals surface area contributed by atoms with Gasteiger partial charge in [0.25, 0.3) is 0 Å². The maximum atomic E-state index is 12.4. The Kier molecular flexibility index (Phi) is 5.01. The predicted octanol–water partition coefficient (Wildman–Crippen LogP) is 2.08. The number of amides is 1. The molecule has 1 aliphatic rings. The average Bonchev–Trinajstić information content (AvgIpc) is 2.45. The van der Waals surface area contributed by atoms with Gasteiger partial charge < -0.3 is 15.2 Å². The second kappa shape index (κ2) is 6.75. The van der Waals surface area contributed by atoms with Gasteiger partial charge in [-0.25, -0.2) is 0 Å². The normalized spacial score (nSPS) is 19.1. The minimum atomic E-state index is -0.179. The Morgan fingerprint density at radius 3 is 2.90 bits per heavy atom. The van der Waals surface area contributed by atoms with Crippen LogP contribution in [0.4, 0.5) is 0 Å².